The van der Waals surface area contributed by atoms with Crippen LogP contribution in [0, 0.1) is 13.8 Å². The Morgan fingerprint density at radius 3 is 2.44 bits per heavy atom. The Morgan fingerprint density at radius 1 is 0.941 bits per heavy atom. The quantitative estimate of drug-likeness (QED) is 0.194. The van der Waals surface area contributed by atoms with Crippen LogP contribution in [0.4, 0.5) is 0 Å². The summed E-state index contributed by atoms with van der Waals surface area (Å²) in [5, 5.41) is 4.50. The van der Waals surface area contributed by atoms with Crippen LogP contribution in [0.25, 0.3) is 0 Å². The monoisotopic (exact) mass is 500 g/mol. The summed E-state index contributed by atoms with van der Waals surface area (Å²) in [6.45, 7) is 3.80. The second-order valence-corrected chi connectivity index (χ2v) is 8.07. The Morgan fingerprint density at radius 2 is 1.74 bits per heavy atom. The van der Waals surface area contributed by atoms with Gasteiger partial charge in [-0.25, -0.2) is 10.2 Å². The number of ether oxygens (including phenoxy) is 3. The fourth-order valence-corrected chi connectivity index (χ4v) is 3.09. The maximum atomic E-state index is 12.4. The van der Waals surface area contributed by atoms with Crippen molar-refractivity contribution in [3.8, 4) is 17.2 Å². The highest BCUT2D eigenvalue weighted by Crippen LogP contribution is 2.29. The van der Waals surface area contributed by atoms with Crippen LogP contribution in [-0.2, 0) is 4.79 Å². The van der Waals surface area contributed by atoms with Crippen molar-refractivity contribution in [3.05, 3.63) is 86.9 Å². The third-order valence-corrected chi connectivity index (χ3v) is 5.54. The molecule has 0 aliphatic rings. The number of nitrogens with one attached hydrogen (secondary N) is 1. The number of benzene rings is 3. The fourth-order valence-electron chi connectivity index (χ4n) is 2.79. The molecule has 0 aliphatic carbocycles. The molecule has 3 rings (SSSR count). The standard InChI is InChI=1S/C25H22Cl2N2O5/c1-15-4-7-19(10-16(15)2)33-14-24(30)29-28-13-17-5-9-22(23(11-17)32-3)34-25(31)18-6-8-20(26)21(27)12-18/h4-13H,14H2,1-3H3,(H,29,30)/b28-13-. The van der Waals surface area contributed by atoms with Crippen molar-refractivity contribution >= 4 is 41.3 Å². The first kappa shape index (κ1) is 25.1. The maximum Gasteiger partial charge on any atom is 0.343 e. The van der Waals surface area contributed by atoms with E-state index in [0.29, 0.717) is 22.1 Å². The number of hydrogen-bond acceptors (Lipinski definition) is 6. The number of esters is 1. The first-order chi connectivity index (χ1) is 16.3. The summed E-state index contributed by atoms with van der Waals surface area (Å²) >= 11 is 11.8. The van der Waals surface area contributed by atoms with Gasteiger partial charge in [-0.3, -0.25) is 4.79 Å². The van der Waals surface area contributed by atoms with Gasteiger partial charge < -0.3 is 14.2 Å². The van der Waals surface area contributed by atoms with E-state index in [-0.39, 0.29) is 22.9 Å². The second-order valence-electron chi connectivity index (χ2n) is 7.26. The van der Waals surface area contributed by atoms with Crippen molar-refractivity contribution in [2.75, 3.05) is 13.7 Å². The molecule has 0 unspecified atom stereocenters. The number of hydrogen-bond donors (Lipinski definition) is 1. The number of amides is 1. The molecule has 34 heavy (non-hydrogen) atoms. The van der Waals surface area contributed by atoms with E-state index in [1.54, 1.807) is 24.3 Å². The van der Waals surface area contributed by atoms with Crippen LogP contribution < -0.4 is 19.6 Å². The topological polar surface area (TPSA) is 86.2 Å². The predicted octanol–water partition coefficient (Wildman–Crippen LogP) is 5.37. The van der Waals surface area contributed by atoms with Crippen molar-refractivity contribution in [2.24, 2.45) is 5.10 Å². The summed E-state index contributed by atoms with van der Waals surface area (Å²) in [6.07, 6.45) is 1.43. The smallest absolute Gasteiger partial charge is 0.343 e. The van der Waals surface area contributed by atoms with E-state index >= 15 is 0 Å². The van der Waals surface area contributed by atoms with Crippen molar-refractivity contribution in [1.82, 2.24) is 5.43 Å². The molecule has 3 aromatic rings. The molecule has 1 N–H and O–H groups in total. The van der Waals surface area contributed by atoms with Crippen LogP contribution >= 0.6 is 23.2 Å². The van der Waals surface area contributed by atoms with Gasteiger partial charge in [-0.15, -0.1) is 0 Å². The molecular formula is C25H22Cl2N2O5. The Balaban J connectivity index is 1.57. The molecular weight excluding hydrogens is 479 g/mol. The third kappa shape index (κ3) is 6.73. The molecule has 0 radical (unpaired) electrons. The van der Waals surface area contributed by atoms with Gasteiger partial charge in [-0.1, -0.05) is 29.3 Å². The summed E-state index contributed by atoms with van der Waals surface area (Å²) in [7, 11) is 1.44. The zero-order chi connectivity index (χ0) is 24.7. The highest BCUT2D eigenvalue weighted by molar-refractivity contribution is 6.42. The maximum absolute atomic E-state index is 12.4. The second kappa shape index (κ2) is 11.5. The van der Waals surface area contributed by atoms with E-state index in [0.717, 1.165) is 11.1 Å². The van der Waals surface area contributed by atoms with Crippen molar-refractivity contribution in [2.45, 2.75) is 13.8 Å². The number of carbonyl (C=O) groups is 2. The minimum absolute atomic E-state index is 0.174. The van der Waals surface area contributed by atoms with E-state index in [9.17, 15) is 9.59 Å². The molecule has 0 heterocycles. The number of methoxy groups -OCH3 is 1. The largest absolute Gasteiger partial charge is 0.493 e. The summed E-state index contributed by atoms with van der Waals surface area (Å²) < 4.78 is 16.2. The van der Waals surface area contributed by atoms with Gasteiger partial charge in [0.25, 0.3) is 5.91 Å². The van der Waals surface area contributed by atoms with Crippen LogP contribution in [0.3, 0.4) is 0 Å². The first-order valence-electron chi connectivity index (χ1n) is 10.1. The number of carbonyl (C=O) groups excluding carboxylic acids is 2. The highest BCUT2D eigenvalue weighted by Gasteiger charge is 2.14. The molecule has 0 fully saturated rings. The van der Waals surface area contributed by atoms with Crippen LogP contribution in [-0.4, -0.2) is 31.8 Å². The molecule has 3 aromatic carbocycles. The summed E-state index contributed by atoms with van der Waals surface area (Å²) in [5.41, 5.74) is 5.48. The van der Waals surface area contributed by atoms with Crippen LogP contribution in [0.2, 0.25) is 10.0 Å². The first-order valence-corrected chi connectivity index (χ1v) is 10.9. The van der Waals surface area contributed by atoms with Gasteiger partial charge in [0.05, 0.1) is 28.9 Å². The van der Waals surface area contributed by atoms with Crippen molar-refractivity contribution < 1.29 is 23.8 Å². The zero-order valence-electron chi connectivity index (χ0n) is 18.7. The van der Waals surface area contributed by atoms with E-state index in [2.05, 4.69) is 10.5 Å². The molecule has 7 nitrogen and oxygen atoms in total. The number of aryl methyl sites for hydroxylation is 2. The molecule has 0 atom stereocenters. The predicted molar refractivity (Wildman–Crippen MR) is 132 cm³/mol. The lowest BCUT2D eigenvalue weighted by Gasteiger charge is -2.10. The molecule has 176 valence electrons. The van der Waals surface area contributed by atoms with Crippen molar-refractivity contribution in [3.63, 3.8) is 0 Å². The van der Waals surface area contributed by atoms with Gasteiger partial charge in [-0.2, -0.15) is 5.10 Å². The van der Waals surface area contributed by atoms with Gasteiger partial charge in [0, 0.05) is 0 Å². The lowest BCUT2D eigenvalue weighted by Crippen LogP contribution is -2.24. The average Bonchev–Trinajstić information content (AvgIpc) is 2.82. The van der Waals surface area contributed by atoms with Crippen LogP contribution in [0.5, 0.6) is 17.2 Å². The fraction of sp³-hybridized carbons (Fsp3) is 0.160. The molecule has 9 heteroatoms. The number of halogens is 2. The SMILES string of the molecule is COc1cc(/C=N\NC(=O)COc2ccc(C)c(C)c2)ccc1OC(=O)c1ccc(Cl)c(Cl)c1. The summed E-state index contributed by atoms with van der Waals surface area (Å²) in [4.78, 5) is 24.4. The van der Waals surface area contributed by atoms with Gasteiger partial charge >= 0.3 is 5.97 Å². The molecule has 1 amide bonds. The van der Waals surface area contributed by atoms with Gasteiger partial charge in [-0.05, 0) is 79.1 Å². The Bertz CT molecular complexity index is 1240. The highest BCUT2D eigenvalue weighted by atomic mass is 35.5. The van der Waals surface area contributed by atoms with Gasteiger partial charge in [0.2, 0.25) is 0 Å². The minimum atomic E-state index is -0.616. The minimum Gasteiger partial charge on any atom is -0.493 e. The molecule has 0 saturated carbocycles. The lowest BCUT2D eigenvalue weighted by molar-refractivity contribution is -0.123. The Labute approximate surface area is 207 Å². The average molecular weight is 501 g/mol. The number of hydrazone groups is 1. The molecule has 0 saturated heterocycles. The Hall–Kier alpha value is -3.55. The molecule has 0 bridgehead atoms. The van der Waals surface area contributed by atoms with Gasteiger partial charge in [0.1, 0.15) is 5.75 Å². The van der Waals surface area contributed by atoms with Crippen LogP contribution in [0.1, 0.15) is 27.0 Å². The van der Waals surface area contributed by atoms with Crippen LogP contribution in [0.15, 0.2) is 59.7 Å². The molecule has 0 spiro atoms. The molecule has 0 aliphatic heterocycles. The van der Waals surface area contributed by atoms with E-state index in [1.165, 1.54) is 31.5 Å². The number of rotatable bonds is 8. The Kier molecular flexibility index (Phi) is 8.51. The third-order valence-electron chi connectivity index (χ3n) is 4.80. The normalized spacial score (nSPS) is 10.7. The number of nitrogens with zero attached hydrogens (tertiary/aromatic N) is 1. The van der Waals surface area contributed by atoms with Gasteiger partial charge in [0.15, 0.2) is 18.1 Å². The lowest BCUT2D eigenvalue weighted by atomic mass is 10.1. The zero-order valence-corrected chi connectivity index (χ0v) is 20.2. The van der Waals surface area contributed by atoms with E-state index in [4.69, 9.17) is 37.4 Å². The summed E-state index contributed by atoms with van der Waals surface area (Å²) in [6, 6.07) is 14.9. The van der Waals surface area contributed by atoms with Crippen molar-refractivity contribution in [1.29, 1.82) is 0 Å². The van der Waals surface area contributed by atoms with E-state index in [1.807, 2.05) is 26.0 Å². The van der Waals surface area contributed by atoms with E-state index < -0.39 is 11.9 Å². The molecule has 0 aromatic heterocycles. The summed E-state index contributed by atoms with van der Waals surface area (Å²) in [5.74, 6) is 0.101.